The third-order valence-electron chi connectivity index (χ3n) is 4.29. The first-order valence-corrected chi connectivity index (χ1v) is 8.08. The van der Waals surface area contributed by atoms with Crippen LogP contribution in [0.25, 0.3) is 17.1 Å². The van der Waals surface area contributed by atoms with Crippen LogP contribution >= 0.6 is 0 Å². The molecule has 0 aliphatic heterocycles. The van der Waals surface area contributed by atoms with Crippen LogP contribution in [0.4, 0.5) is 4.39 Å². The zero-order chi connectivity index (χ0) is 18.8. The van der Waals surface area contributed by atoms with E-state index in [9.17, 15) is 4.39 Å². The number of aromatic nitrogens is 2. The molecule has 2 aromatic rings. The number of nitriles is 1. The van der Waals surface area contributed by atoms with E-state index in [0.29, 0.717) is 17.1 Å². The maximum absolute atomic E-state index is 14.1. The summed E-state index contributed by atoms with van der Waals surface area (Å²) in [6, 6.07) is 6.31. The molecule has 0 amide bonds. The fourth-order valence-corrected chi connectivity index (χ4v) is 2.83. The van der Waals surface area contributed by atoms with Gasteiger partial charge in [-0.2, -0.15) is 5.26 Å². The number of halogens is 1. The zero-order valence-electron chi connectivity index (χ0n) is 14.8. The Kier molecular flexibility index (Phi) is 4.55. The number of hydrogen-bond donors (Lipinski definition) is 2. The highest BCUT2D eigenvalue weighted by molar-refractivity contribution is 6.12. The first-order valence-electron chi connectivity index (χ1n) is 8.08. The van der Waals surface area contributed by atoms with Crippen molar-refractivity contribution in [2.24, 2.45) is 0 Å². The standard InChI is InChI=1S/C20H18FN5/c1-12-13(2)26(17-6-7-19(23)16(8-17)11-24-3)20(25-12)14-4-5-15(10-22)18(21)9-14/h4-9,11,23-24H,1-3H3/b16-11-,23-19?. The predicted octanol–water partition coefficient (Wildman–Crippen LogP) is 3.71. The van der Waals surface area contributed by atoms with Crippen molar-refractivity contribution in [2.75, 3.05) is 7.05 Å². The number of hydrogen-bond acceptors (Lipinski definition) is 4. The van der Waals surface area contributed by atoms with Crippen LogP contribution in [0.1, 0.15) is 17.0 Å². The summed E-state index contributed by atoms with van der Waals surface area (Å²) >= 11 is 0. The Balaban J connectivity index is 2.19. The molecule has 1 aromatic carbocycles. The highest BCUT2D eigenvalue weighted by atomic mass is 19.1. The first kappa shape index (κ1) is 17.4. The molecule has 26 heavy (non-hydrogen) atoms. The maximum atomic E-state index is 14.1. The lowest BCUT2D eigenvalue weighted by molar-refractivity contribution is 0.624. The summed E-state index contributed by atoms with van der Waals surface area (Å²) in [7, 11) is 1.78. The smallest absolute Gasteiger partial charge is 0.145 e. The third kappa shape index (κ3) is 2.95. The minimum atomic E-state index is -0.569. The van der Waals surface area contributed by atoms with E-state index in [1.54, 1.807) is 25.4 Å². The van der Waals surface area contributed by atoms with E-state index in [-0.39, 0.29) is 5.56 Å². The van der Waals surface area contributed by atoms with Gasteiger partial charge < -0.3 is 10.7 Å². The molecule has 0 saturated heterocycles. The van der Waals surface area contributed by atoms with Crippen molar-refractivity contribution in [1.29, 1.82) is 10.7 Å². The number of rotatable bonds is 3. The van der Waals surface area contributed by atoms with Crippen LogP contribution < -0.4 is 5.32 Å². The van der Waals surface area contributed by atoms with Gasteiger partial charge in [0.05, 0.1) is 17.0 Å². The van der Waals surface area contributed by atoms with Crippen molar-refractivity contribution in [3.63, 3.8) is 0 Å². The molecular formula is C20H18FN5. The summed E-state index contributed by atoms with van der Waals surface area (Å²) < 4.78 is 16.0. The summed E-state index contributed by atoms with van der Waals surface area (Å²) in [5, 5.41) is 19.9. The molecule has 0 atom stereocenters. The molecule has 5 nitrogen and oxygen atoms in total. The SMILES string of the molecule is CN/C=C1/C=C(n2c(-c3ccc(C#N)c(F)c3)nc(C)c2C)C=CC1=N. The van der Waals surface area contributed by atoms with Gasteiger partial charge in [0.25, 0.3) is 0 Å². The van der Waals surface area contributed by atoms with Crippen LogP contribution in [-0.2, 0) is 0 Å². The molecule has 0 spiro atoms. The van der Waals surface area contributed by atoms with Gasteiger partial charge in [-0.15, -0.1) is 0 Å². The second-order valence-electron chi connectivity index (χ2n) is 5.95. The maximum Gasteiger partial charge on any atom is 0.145 e. The molecule has 130 valence electrons. The van der Waals surface area contributed by atoms with E-state index in [0.717, 1.165) is 22.7 Å². The summed E-state index contributed by atoms with van der Waals surface area (Å²) in [6.45, 7) is 3.84. The summed E-state index contributed by atoms with van der Waals surface area (Å²) in [5.41, 5.74) is 4.34. The molecule has 1 aliphatic rings. The fourth-order valence-electron chi connectivity index (χ4n) is 2.83. The minimum Gasteiger partial charge on any atom is -0.393 e. The largest absolute Gasteiger partial charge is 0.393 e. The highest BCUT2D eigenvalue weighted by Crippen LogP contribution is 2.29. The molecule has 6 heteroatoms. The van der Waals surface area contributed by atoms with Crippen LogP contribution in [0, 0.1) is 36.4 Å². The van der Waals surface area contributed by atoms with Crippen molar-refractivity contribution >= 4 is 11.4 Å². The van der Waals surface area contributed by atoms with Crippen molar-refractivity contribution in [2.45, 2.75) is 13.8 Å². The van der Waals surface area contributed by atoms with Gasteiger partial charge in [-0.3, -0.25) is 4.57 Å². The average Bonchev–Trinajstić information content (AvgIpc) is 2.92. The van der Waals surface area contributed by atoms with Gasteiger partial charge in [-0.05, 0) is 50.3 Å². The first-order chi connectivity index (χ1) is 12.5. The normalized spacial score (nSPS) is 15.1. The van der Waals surface area contributed by atoms with Gasteiger partial charge in [0.15, 0.2) is 0 Å². The van der Waals surface area contributed by atoms with Gasteiger partial charge >= 0.3 is 0 Å². The lowest BCUT2D eigenvalue weighted by Crippen LogP contribution is -2.09. The molecular weight excluding hydrogens is 329 g/mol. The topological polar surface area (TPSA) is 77.5 Å². The van der Waals surface area contributed by atoms with Crippen LogP contribution in [0.15, 0.2) is 48.2 Å². The van der Waals surface area contributed by atoms with E-state index >= 15 is 0 Å². The molecule has 1 aromatic heterocycles. The Labute approximate surface area is 151 Å². The van der Waals surface area contributed by atoms with Crippen molar-refractivity contribution in [1.82, 2.24) is 14.9 Å². The van der Waals surface area contributed by atoms with Crippen molar-refractivity contribution < 1.29 is 4.39 Å². The van der Waals surface area contributed by atoms with Crippen molar-refractivity contribution in [3.8, 4) is 17.5 Å². The molecule has 3 rings (SSSR count). The Morgan fingerprint density at radius 2 is 2.08 bits per heavy atom. The quantitative estimate of drug-likeness (QED) is 0.888. The summed E-state index contributed by atoms with van der Waals surface area (Å²) in [6.07, 6.45) is 7.20. The zero-order valence-corrected chi connectivity index (χ0v) is 14.8. The second kappa shape index (κ2) is 6.81. The number of nitrogens with zero attached hydrogens (tertiary/aromatic N) is 3. The number of imidazole rings is 1. The van der Waals surface area contributed by atoms with E-state index in [4.69, 9.17) is 10.7 Å². The van der Waals surface area contributed by atoms with Gasteiger partial charge in [-0.1, -0.05) is 0 Å². The number of nitrogens with one attached hydrogen (secondary N) is 2. The van der Waals surface area contributed by atoms with Crippen molar-refractivity contribution in [3.05, 3.63) is 71.0 Å². The lowest BCUT2D eigenvalue weighted by Gasteiger charge is -2.16. The van der Waals surface area contributed by atoms with Crippen LogP contribution in [0.2, 0.25) is 0 Å². The molecule has 0 unspecified atom stereocenters. The van der Waals surface area contributed by atoms with E-state index in [1.807, 2.05) is 36.6 Å². The van der Waals surface area contributed by atoms with Gasteiger partial charge in [0.2, 0.25) is 0 Å². The lowest BCUT2D eigenvalue weighted by atomic mass is 10.0. The van der Waals surface area contributed by atoms with Crippen LogP contribution in [0.5, 0.6) is 0 Å². The van der Waals surface area contributed by atoms with E-state index in [1.165, 1.54) is 12.1 Å². The Morgan fingerprint density at radius 1 is 1.31 bits per heavy atom. The molecule has 2 N–H and O–H groups in total. The minimum absolute atomic E-state index is 0.00441. The van der Waals surface area contributed by atoms with Gasteiger partial charge in [0.1, 0.15) is 17.7 Å². The fraction of sp³-hybridized carbons (Fsp3) is 0.150. The average molecular weight is 347 g/mol. The monoisotopic (exact) mass is 347 g/mol. The molecule has 1 heterocycles. The van der Waals surface area contributed by atoms with E-state index < -0.39 is 5.82 Å². The number of benzene rings is 1. The molecule has 0 fully saturated rings. The van der Waals surface area contributed by atoms with Gasteiger partial charge in [-0.25, -0.2) is 9.37 Å². The third-order valence-corrected chi connectivity index (χ3v) is 4.29. The highest BCUT2D eigenvalue weighted by Gasteiger charge is 2.18. The van der Waals surface area contributed by atoms with Crippen LogP contribution in [-0.4, -0.2) is 22.3 Å². The summed E-state index contributed by atoms with van der Waals surface area (Å²) in [5.74, 6) is 0.0251. The van der Waals surface area contributed by atoms with Gasteiger partial charge in [0, 0.05) is 35.8 Å². The number of aryl methyl sites for hydroxylation is 1. The molecule has 1 aliphatic carbocycles. The number of allylic oxidation sites excluding steroid dienone is 5. The van der Waals surface area contributed by atoms with Crippen LogP contribution in [0.3, 0.4) is 0 Å². The predicted molar refractivity (Wildman–Crippen MR) is 100 cm³/mol. The second-order valence-corrected chi connectivity index (χ2v) is 5.95. The molecule has 0 bridgehead atoms. The molecule has 0 radical (unpaired) electrons. The Morgan fingerprint density at radius 3 is 2.73 bits per heavy atom. The Bertz CT molecular complexity index is 1030. The Hall–Kier alpha value is -3.46. The summed E-state index contributed by atoms with van der Waals surface area (Å²) in [4.78, 5) is 4.59. The molecule has 0 saturated carbocycles. The van der Waals surface area contributed by atoms with E-state index in [2.05, 4.69) is 10.3 Å².